The zero-order valence-corrected chi connectivity index (χ0v) is 15.9. The third kappa shape index (κ3) is 4.09. The van der Waals surface area contributed by atoms with Gasteiger partial charge in [0.25, 0.3) is 0 Å². The van der Waals surface area contributed by atoms with E-state index in [2.05, 4.69) is 61.4 Å². The van der Waals surface area contributed by atoms with Gasteiger partial charge >= 0.3 is 0 Å². The number of benzene rings is 2. The van der Waals surface area contributed by atoms with Crippen molar-refractivity contribution in [1.29, 1.82) is 0 Å². The second-order valence-corrected chi connectivity index (χ2v) is 7.30. The highest BCUT2D eigenvalue weighted by atomic mass is 127. The van der Waals surface area contributed by atoms with Gasteiger partial charge in [0.2, 0.25) is 0 Å². The number of H-pyrrole nitrogens is 1. The van der Waals surface area contributed by atoms with Crippen molar-refractivity contribution in [3.05, 3.63) is 65.9 Å². The number of hydrogen-bond acceptors (Lipinski definition) is 3. The lowest BCUT2D eigenvalue weighted by atomic mass is 10.1. The molecule has 0 spiro atoms. The molecule has 1 heterocycles. The highest BCUT2D eigenvalue weighted by Gasteiger charge is 2.13. The van der Waals surface area contributed by atoms with Crippen molar-refractivity contribution in [2.24, 2.45) is 5.73 Å². The van der Waals surface area contributed by atoms with Crippen molar-refractivity contribution in [2.45, 2.75) is 19.0 Å². The Balaban J connectivity index is 1.61. The van der Waals surface area contributed by atoms with Crippen molar-refractivity contribution in [3.8, 4) is 5.75 Å². The van der Waals surface area contributed by atoms with Gasteiger partial charge in [0.15, 0.2) is 0 Å². The number of methoxy groups -OCH3 is 1. The average Bonchev–Trinajstić information content (AvgIpc) is 2.98. The molecular formula is C19H22IN3O. The number of para-hydroxylation sites is 2. The van der Waals surface area contributed by atoms with Crippen LogP contribution in [0.25, 0.3) is 10.9 Å². The van der Waals surface area contributed by atoms with E-state index in [-0.39, 0.29) is 6.04 Å². The van der Waals surface area contributed by atoms with Crippen LogP contribution in [0.1, 0.15) is 11.1 Å². The molecule has 3 aromatic rings. The van der Waals surface area contributed by atoms with Crippen molar-refractivity contribution in [3.63, 3.8) is 0 Å². The number of aromatic nitrogens is 1. The molecule has 0 unspecified atom stereocenters. The first-order valence-corrected chi connectivity index (χ1v) is 8.97. The number of rotatable bonds is 7. The molecule has 0 radical (unpaired) electrons. The number of fused-ring (bicyclic) bond motifs is 1. The van der Waals surface area contributed by atoms with E-state index in [1.807, 2.05) is 24.3 Å². The molecule has 0 aliphatic rings. The Morgan fingerprint density at radius 1 is 1.12 bits per heavy atom. The Labute approximate surface area is 156 Å². The monoisotopic (exact) mass is 435 g/mol. The van der Waals surface area contributed by atoms with Crippen LogP contribution in [0.5, 0.6) is 5.75 Å². The minimum Gasteiger partial charge on any atom is -0.496 e. The molecule has 1 atom stereocenters. The molecule has 4 nitrogen and oxygen atoms in total. The maximum absolute atomic E-state index is 6.39. The van der Waals surface area contributed by atoms with Crippen LogP contribution in [-0.2, 0) is 13.0 Å². The van der Waals surface area contributed by atoms with E-state index in [0.717, 1.165) is 25.3 Å². The van der Waals surface area contributed by atoms with Gasteiger partial charge in [-0.1, -0.05) is 36.4 Å². The predicted octanol–water partition coefficient (Wildman–Crippen LogP) is 3.90. The molecule has 3 rings (SSSR count). The highest BCUT2D eigenvalue weighted by Crippen LogP contribution is 2.22. The number of nitrogens with zero attached hydrogens (tertiary/aromatic N) is 1. The Morgan fingerprint density at radius 3 is 2.71 bits per heavy atom. The number of ether oxygens (including phenoxy) is 1. The fourth-order valence-electron chi connectivity index (χ4n) is 2.98. The van der Waals surface area contributed by atoms with Crippen LogP contribution >= 0.6 is 22.9 Å². The molecule has 0 amide bonds. The summed E-state index contributed by atoms with van der Waals surface area (Å²) in [6.45, 7) is 1.63. The Bertz CT molecular complexity index is 802. The van der Waals surface area contributed by atoms with Gasteiger partial charge in [-0.15, -0.1) is 0 Å². The molecule has 2 aromatic carbocycles. The molecule has 0 saturated heterocycles. The summed E-state index contributed by atoms with van der Waals surface area (Å²) in [6.07, 6.45) is 2.93. The van der Waals surface area contributed by atoms with Gasteiger partial charge in [0, 0.05) is 64.7 Å². The summed E-state index contributed by atoms with van der Waals surface area (Å²) >= 11 is 2.34. The van der Waals surface area contributed by atoms with Gasteiger partial charge in [-0.05, 0) is 24.1 Å². The summed E-state index contributed by atoms with van der Waals surface area (Å²) in [6, 6.07) is 16.5. The molecule has 0 aliphatic heterocycles. The molecule has 0 aliphatic carbocycles. The number of nitrogens with one attached hydrogen (secondary N) is 1. The first-order chi connectivity index (χ1) is 11.7. The maximum atomic E-state index is 6.39. The van der Waals surface area contributed by atoms with Gasteiger partial charge < -0.3 is 15.5 Å². The molecule has 1 aromatic heterocycles. The molecular weight excluding hydrogens is 413 g/mol. The Hall–Kier alpha value is -1.57. The van der Waals surface area contributed by atoms with Gasteiger partial charge in [-0.25, -0.2) is 3.11 Å². The first kappa shape index (κ1) is 17.3. The summed E-state index contributed by atoms with van der Waals surface area (Å²) < 4.78 is 7.64. The van der Waals surface area contributed by atoms with Crippen molar-refractivity contribution in [2.75, 3.05) is 13.7 Å². The summed E-state index contributed by atoms with van der Waals surface area (Å²) in [4.78, 5) is 3.31. The summed E-state index contributed by atoms with van der Waals surface area (Å²) in [7, 11) is 1.71. The van der Waals surface area contributed by atoms with E-state index >= 15 is 0 Å². The van der Waals surface area contributed by atoms with Crippen molar-refractivity contribution >= 4 is 33.8 Å². The Kier molecular flexibility index (Phi) is 5.76. The second kappa shape index (κ2) is 8.00. The van der Waals surface area contributed by atoms with E-state index in [1.165, 1.54) is 22.0 Å². The van der Waals surface area contributed by atoms with Crippen LogP contribution in [0.3, 0.4) is 0 Å². The third-order valence-corrected chi connectivity index (χ3v) is 4.86. The molecule has 24 heavy (non-hydrogen) atoms. The maximum Gasteiger partial charge on any atom is 0.123 e. The van der Waals surface area contributed by atoms with Crippen molar-refractivity contribution < 1.29 is 4.74 Å². The van der Waals surface area contributed by atoms with Crippen LogP contribution in [-0.4, -0.2) is 27.8 Å². The number of nitrogens with two attached hydrogens (primary N) is 1. The lowest BCUT2D eigenvalue weighted by Gasteiger charge is -2.20. The van der Waals surface area contributed by atoms with Gasteiger partial charge in [-0.2, -0.15) is 0 Å². The molecule has 5 heteroatoms. The molecule has 3 N–H and O–H groups in total. The van der Waals surface area contributed by atoms with Crippen LogP contribution in [0.4, 0.5) is 0 Å². The number of hydrogen-bond donors (Lipinski definition) is 2. The molecule has 126 valence electrons. The third-order valence-electron chi connectivity index (χ3n) is 4.12. The average molecular weight is 435 g/mol. The van der Waals surface area contributed by atoms with E-state index in [9.17, 15) is 0 Å². The molecule has 0 bridgehead atoms. The van der Waals surface area contributed by atoms with Gasteiger partial charge in [-0.3, -0.25) is 0 Å². The summed E-state index contributed by atoms with van der Waals surface area (Å²) in [5.41, 5.74) is 10.0. The molecule has 0 fully saturated rings. The van der Waals surface area contributed by atoms with Crippen LogP contribution < -0.4 is 10.5 Å². The standard InChI is InChI=1S/C19H22IN3O/c1-24-19-9-5-2-6-14(19)12-23(20)13-16(21)10-15-11-22-18-8-4-3-7-17(15)18/h2-9,11,16,22H,10,12-13,21H2,1H3/t16-/m1/s1. The lowest BCUT2D eigenvalue weighted by molar-refractivity contribution is 0.395. The largest absolute Gasteiger partial charge is 0.496 e. The first-order valence-electron chi connectivity index (χ1n) is 8.00. The minimum atomic E-state index is 0.0795. The van der Waals surface area contributed by atoms with Gasteiger partial charge in [0.05, 0.1) is 7.11 Å². The highest BCUT2D eigenvalue weighted by molar-refractivity contribution is 14.1. The van der Waals surface area contributed by atoms with Gasteiger partial charge in [0.1, 0.15) is 5.75 Å². The smallest absolute Gasteiger partial charge is 0.123 e. The number of halogens is 1. The number of aromatic amines is 1. The van der Waals surface area contributed by atoms with Crippen LogP contribution in [0.15, 0.2) is 54.7 Å². The van der Waals surface area contributed by atoms with E-state index in [4.69, 9.17) is 10.5 Å². The van der Waals surface area contributed by atoms with Crippen molar-refractivity contribution in [1.82, 2.24) is 8.10 Å². The lowest BCUT2D eigenvalue weighted by Crippen LogP contribution is -2.34. The zero-order chi connectivity index (χ0) is 16.9. The van der Waals surface area contributed by atoms with Crippen LogP contribution in [0, 0.1) is 0 Å². The summed E-state index contributed by atoms with van der Waals surface area (Å²) in [5.74, 6) is 0.921. The Morgan fingerprint density at radius 2 is 1.88 bits per heavy atom. The quantitative estimate of drug-likeness (QED) is 0.437. The van der Waals surface area contributed by atoms with E-state index in [1.54, 1.807) is 7.11 Å². The second-order valence-electron chi connectivity index (χ2n) is 5.94. The fraction of sp³-hybridized carbons (Fsp3) is 0.263. The minimum absolute atomic E-state index is 0.0795. The van der Waals surface area contributed by atoms with E-state index < -0.39 is 0 Å². The zero-order valence-electron chi connectivity index (χ0n) is 13.7. The topological polar surface area (TPSA) is 54.3 Å². The predicted molar refractivity (Wildman–Crippen MR) is 107 cm³/mol. The normalized spacial score (nSPS) is 12.7. The summed E-state index contributed by atoms with van der Waals surface area (Å²) in [5, 5.41) is 1.26. The molecule has 0 saturated carbocycles. The fourth-order valence-corrected chi connectivity index (χ4v) is 3.86. The van der Waals surface area contributed by atoms with E-state index in [0.29, 0.717) is 0 Å². The SMILES string of the molecule is COc1ccccc1CN(I)C[C@H](N)Cc1c[nH]c2ccccc12. The van der Waals surface area contributed by atoms with Crippen LogP contribution in [0.2, 0.25) is 0 Å².